The predicted octanol–water partition coefficient (Wildman–Crippen LogP) is 1.65. The molecule has 0 bridgehead atoms. The van der Waals surface area contributed by atoms with Gasteiger partial charge in [0.25, 0.3) is 0 Å². The number of rotatable bonds is 10. The fourth-order valence-corrected chi connectivity index (χ4v) is 1.83. The molecule has 1 atom stereocenters. The average molecular weight is 226 g/mol. The number of ether oxygens (including phenoxy) is 1. The minimum Gasteiger partial charge on any atom is -0.383 e. The topological polar surface area (TPSA) is 24.5 Å². The van der Waals surface area contributed by atoms with Crippen LogP contribution in [0.3, 0.4) is 0 Å². The number of nitrogens with one attached hydrogen (secondary N) is 1. The Morgan fingerprint density at radius 3 is 2.88 bits per heavy atom. The van der Waals surface area contributed by atoms with Gasteiger partial charge in [-0.15, -0.1) is 6.58 Å². The minimum absolute atomic E-state index is 0.597. The number of methoxy groups -OCH3 is 1. The summed E-state index contributed by atoms with van der Waals surface area (Å²) in [6.07, 6.45) is 5.91. The van der Waals surface area contributed by atoms with Gasteiger partial charge in [-0.25, -0.2) is 0 Å². The van der Waals surface area contributed by atoms with Crippen LogP contribution in [-0.2, 0) is 4.74 Å². The molecule has 0 aromatic rings. The van der Waals surface area contributed by atoms with E-state index in [-0.39, 0.29) is 0 Å². The molecule has 0 saturated heterocycles. The van der Waals surface area contributed by atoms with Crippen molar-refractivity contribution in [3.8, 4) is 0 Å². The van der Waals surface area contributed by atoms with Crippen LogP contribution in [0.5, 0.6) is 0 Å². The third kappa shape index (κ3) is 5.64. The third-order valence-electron chi connectivity index (χ3n) is 3.14. The van der Waals surface area contributed by atoms with Crippen LogP contribution >= 0.6 is 0 Å². The monoisotopic (exact) mass is 226 g/mol. The Morgan fingerprint density at radius 1 is 1.56 bits per heavy atom. The summed E-state index contributed by atoms with van der Waals surface area (Å²) in [4.78, 5) is 2.42. The summed E-state index contributed by atoms with van der Waals surface area (Å²) >= 11 is 0. The molecule has 3 nitrogen and oxygen atoms in total. The SMILES string of the molecule is C=CCN(CCOC)C(C)CCNC1CC1. The highest BCUT2D eigenvalue weighted by Crippen LogP contribution is 2.18. The summed E-state index contributed by atoms with van der Waals surface area (Å²) in [5.41, 5.74) is 0. The number of hydrogen-bond acceptors (Lipinski definition) is 3. The second-order valence-corrected chi connectivity index (χ2v) is 4.64. The van der Waals surface area contributed by atoms with Crippen molar-refractivity contribution in [1.82, 2.24) is 10.2 Å². The largest absolute Gasteiger partial charge is 0.383 e. The molecule has 1 unspecified atom stereocenters. The highest BCUT2D eigenvalue weighted by Gasteiger charge is 2.20. The van der Waals surface area contributed by atoms with Crippen LogP contribution in [0.4, 0.5) is 0 Å². The Morgan fingerprint density at radius 2 is 2.31 bits per heavy atom. The summed E-state index contributed by atoms with van der Waals surface area (Å²) < 4.78 is 5.13. The smallest absolute Gasteiger partial charge is 0.0589 e. The zero-order chi connectivity index (χ0) is 11.8. The maximum atomic E-state index is 5.13. The molecule has 1 N–H and O–H groups in total. The van der Waals surface area contributed by atoms with Crippen LogP contribution in [0.2, 0.25) is 0 Å². The first-order valence-corrected chi connectivity index (χ1v) is 6.35. The van der Waals surface area contributed by atoms with Crippen LogP contribution < -0.4 is 5.32 Å². The molecule has 1 fully saturated rings. The Hall–Kier alpha value is -0.380. The first kappa shape index (κ1) is 13.7. The van der Waals surface area contributed by atoms with Gasteiger partial charge < -0.3 is 10.1 Å². The zero-order valence-electron chi connectivity index (χ0n) is 10.7. The summed E-state index contributed by atoms with van der Waals surface area (Å²) in [7, 11) is 1.76. The Balaban J connectivity index is 2.15. The Labute approximate surface area is 99.8 Å². The molecular weight excluding hydrogens is 200 g/mol. The normalized spacial score (nSPS) is 17.7. The van der Waals surface area contributed by atoms with Crippen molar-refractivity contribution in [2.24, 2.45) is 0 Å². The maximum absolute atomic E-state index is 5.13. The molecule has 0 radical (unpaired) electrons. The quantitative estimate of drug-likeness (QED) is 0.573. The molecule has 0 amide bonds. The van der Waals surface area contributed by atoms with Crippen molar-refractivity contribution in [3.63, 3.8) is 0 Å². The number of hydrogen-bond donors (Lipinski definition) is 1. The van der Waals surface area contributed by atoms with Gasteiger partial charge in [-0.2, -0.15) is 0 Å². The predicted molar refractivity (Wildman–Crippen MR) is 68.7 cm³/mol. The molecule has 0 aromatic heterocycles. The third-order valence-corrected chi connectivity index (χ3v) is 3.14. The van der Waals surface area contributed by atoms with E-state index in [1.54, 1.807) is 7.11 Å². The fourth-order valence-electron chi connectivity index (χ4n) is 1.83. The molecule has 0 heterocycles. The van der Waals surface area contributed by atoms with Gasteiger partial charge in [0.05, 0.1) is 6.61 Å². The van der Waals surface area contributed by atoms with Crippen molar-refractivity contribution in [2.75, 3.05) is 33.4 Å². The Bertz CT molecular complexity index is 192. The van der Waals surface area contributed by atoms with E-state index in [4.69, 9.17) is 4.74 Å². The van der Waals surface area contributed by atoms with E-state index >= 15 is 0 Å². The van der Waals surface area contributed by atoms with Crippen LogP contribution in [0.1, 0.15) is 26.2 Å². The van der Waals surface area contributed by atoms with E-state index in [1.807, 2.05) is 6.08 Å². The molecule has 0 aliphatic heterocycles. The lowest BCUT2D eigenvalue weighted by Crippen LogP contribution is -2.38. The Kier molecular flexibility index (Phi) is 6.69. The molecule has 0 spiro atoms. The van der Waals surface area contributed by atoms with Gasteiger partial charge in [-0.05, 0) is 32.7 Å². The van der Waals surface area contributed by atoms with Crippen LogP contribution in [0.15, 0.2) is 12.7 Å². The summed E-state index contributed by atoms with van der Waals surface area (Å²) in [6, 6.07) is 1.42. The van der Waals surface area contributed by atoms with Gasteiger partial charge in [-0.1, -0.05) is 6.08 Å². The fraction of sp³-hybridized carbons (Fsp3) is 0.846. The molecule has 94 valence electrons. The van der Waals surface area contributed by atoms with Crippen molar-refractivity contribution in [3.05, 3.63) is 12.7 Å². The van der Waals surface area contributed by atoms with E-state index in [9.17, 15) is 0 Å². The van der Waals surface area contributed by atoms with Crippen molar-refractivity contribution in [1.29, 1.82) is 0 Å². The van der Waals surface area contributed by atoms with Crippen LogP contribution in [-0.4, -0.2) is 50.3 Å². The van der Waals surface area contributed by atoms with Gasteiger partial charge in [0.15, 0.2) is 0 Å². The van der Waals surface area contributed by atoms with E-state index in [2.05, 4.69) is 23.7 Å². The molecule has 1 rings (SSSR count). The highest BCUT2D eigenvalue weighted by molar-refractivity contribution is 4.82. The van der Waals surface area contributed by atoms with E-state index in [0.29, 0.717) is 6.04 Å². The molecular formula is C13H26N2O. The van der Waals surface area contributed by atoms with Gasteiger partial charge in [0.2, 0.25) is 0 Å². The highest BCUT2D eigenvalue weighted by atomic mass is 16.5. The lowest BCUT2D eigenvalue weighted by molar-refractivity contribution is 0.130. The molecule has 3 heteroatoms. The van der Waals surface area contributed by atoms with Gasteiger partial charge in [0.1, 0.15) is 0 Å². The van der Waals surface area contributed by atoms with Crippen LogP contribution in [0, 0.1) is 0 Å². The lowest BCUT2D eigenvalue weighted by atomic mass is 10.2. The van der Waals surface area contributed by atoms with E-state index in [0.717, 1.165) is 32.3 Å². The van der Waals surface area contributed by atoms with Gasteiger partial charge >= 0.3 is 0 Å². The number of nitrogens with zero attached hydrogens (tertiary/aromatic N) is 1. The van der Waals surface area contributed by atoms with E-state index < -0.39 is 0 Å². The van der Waals surface area contributed by atoms with Crippen molar-refractivity contribution < 1.29 is 4.74 Å². The molecule has 1 aliphatic carbocycles. The summed E-state index contributed by atoms with van der Waals surface area (Å²) in [5.74, 6) is 0. The van der Waals surface area contributed by atoms with Crippen LogP contribution in [0.25, 0.3) is 0 Å². The molecule has 0 aromatic carbocycles. The van der Waals surface area contributed by atoms with Crippen molar-refractivity contribution >= 4 is 0 Å². The van der Waals surface area contributed by atoms with Crippen molar-refractivity contribution in [2.45, 2.75) is 38.3 Å². The summed E-state index contributed by atoms with van der Waals surface area (Å²) in [5, 5.41) is 3.56. The molecule has 1 saturated carbocycles. The second kappa shape index (κ2) is 7.82. The zero-order valence-corrected chi connectivity index (χ0v) is 10.7. The van der Waals surface area contributed by atoms with E-state index in [1.165, 1.54) is 19.3 Å². The molecule has 1 aliphatic rings. The first-order valence-electron chi connectivity index (χ1n) is 6.35. The lowest BCUT2D eigenvalue weighted by Gasteiger charge is -2.27. The summed E-state index contributed by atoms with van der Waals surface area (Å²) in [6.45, 7) is 9.97. The molecule has 16 heavy (non-hydrogen) atoms. The maximum Gasteiger partial charge on any atom is 0.0589 e. The second-order valence-electron chi connectivity index (χ2n) is 4.64. The standard InChI is InChI=1S/C13H26N2O/c1-4-9-15(10-11-16-3)12(2)7-8-14-13-5-6-13/h4,12-14H,1,5-11H2,2-3H3. The first-order chi connectivity index (χ1) is 7.77. The average Bonchev–Trinajstić information content (AvgIpc) is 3.08. The van der Waals surface area contributed by atoms with Gasteiger partial charge in [-0.3, -0.25) is 4.90 Å². The minimum atomic E-state index is 0.597. The van der Waals surface area contributed by atoms with Gasteiger partial charge in [0, 0.05) is 32.3 Å².